The zero-order valence-electron chi connectivity index (χ0n) is 9.62. The van der Waals surface area contributed by atoms with E-state index in [2.05, 4.69) is 20.4 Å². The van der Waals surface area contributed by atoms with Crippen molar-refractivity contribution < 1.29 is 9.90 Å². The molecule has 2 heteroatoms. The lowest BCUT2D eigenvalue weighted by Gasteiger charge is -2.39. The second-order valence-electron chi connectivity index (χ2n) is 5.22. The quantitative estimate of drug-likeness (QED) is 0.722. The van der Waals surface area contributed by atoms with Crippen LogP contribution in [0.2, 0.25) is 0 Å². The predicted molar refractivity (Wildman–Crippen MR) is 61.7 cm³/mol. The molecule has 0 aromatic heterocycles. The summed E-state index contributed by atoms with van der Waals surface area (Å²) in [6, 6.07) is 0. The van der Waals surface area contributed by atoms with Crippen LogP contribution in [-0.4, -0.2) is 11.1 Å². The fourth-order valence-electron chi connectivity index (χ4n) is 2.08. The first kappa shape index (κ1) is 12.0. The third-order valence-electron chi connectivity index (χ3n) is 3.47. The highest BCUT2D eigenvalue weighted by Crippen LogP contribution is 2.46. The average molecular weight is 208 g/mol. The third-order valence-corrected chi connectivity index (χ3v) is 3.47. The van der Waals surface area contributed by atoms with E-state index in [1.165, 1.54) is 0 Å². The summed E-state index contributed by atoms with van der Waals surface area (Å²) < 4.78 is 0. The van der Waals surface area contributed by atoms with E-state index in [1.807, 2.05) is 0 Å². The zero-order chi connectivity index (χ0) is 11.5. The maximum absolute atomic E-state index is 11.3. The number of allylic oxidation sites excluding steroid dienone is 2. The maximum atomic E-state index is 11.3. The first-order chi connectivity index (χ1) is 6.92. The summed E-state index contributed by atoms with van der Waals surface area (Å²) in [6.07, 6.45) is 8.62. The fourth-order valence-corrected chi connectivity index (χ4v) is 2.08. The largest absolute Gasteiger partial charge is 0.481 e. The molecule has 15 heavy (non-hydrogen) atoms. The van der Waals surface area contributed by atoms with Crippen molar-refractivity contribution in [3.8, 4) is 0 Å². The fraction of sp³-hybridized carbons (Fsp3) is 0.615. The Morgan fingerprint density at radius 3 is 2.20 bits per heavy atom. The first-order valence-corrected chi connectivity index (χ1v) is 5.46. The molecule has 1 N–H and O–H groups in total. The van der Waals surface area contributed by atoms with Crippen LogP contribution in [-0.2, 0) is 4.79 Å². The summed E-state index contributed by atoms with van der Waals surface area (Å²) >= 11 is 0. The van der Waals surface area contributed by atoms with Gasteiger partial charge in [0.2, 0.25) is 0 Å². The van der Waals surface area contributed by atoms with Crippen LogP contribution in [0.25, 0.3) is 0 Å². The molecule has 0 amide bonds. The highest BCUT2D eigenvalue weighted by Gasteiger charge is 2.41. The third kappa shape index (κ3) is 2.71. The van der Waals surface area contributed by atoms with E-state index in [0.29, 0.717) is 5.41 Å². The predicted octanol–water partition coefficient (Wildman–Crippen LogP) is 3.40. The van der Waals surface area contributed by atoms with Crippen LogP contribution >= 0.6 is 0 Å². The van der Waals surface area contributed by atoms with Crippen molar-refractivity contribution in [2.75, 3.05) is 0 Å². The van der Waals surface area contributed by atoms with Crippen molar-refractivity contribution in [1.82, 2.24) is 0 Å². The summed E-state index contributed by atoms with van der Waals surface area (Å²) in [7, 11) is 0. The van der Waals surface area contributed by atoms with Crippen molar-refractivity contribution >= 4 is 5.97 Å². The SMILES string of the molecule is C=CC=CC1(C(=O)O)CCC(C)(C)CC1. The van der Waals surface area contributed by atoms with E-state index in [1.54, 1.807) is 18.2 Å². The summed E-state index contributed by atoms with van der Waals surface area (Å²) in [5, 5.41) is 9.30. The van der Waals surface area contributed by atoms with Gasteiger partial charge in [0.05, 0.1) is 5.41 Å². The Bertz CT molecular complexity index is 277. The topological polar surface area (TPSA) is 37.3 Å². The summed E-state index contributed by atoms with van der Waals surface area (Å²) in [5.41, 5.74) is -0.356. The monoisotopic (exact) mass is 208 g/mol. The van der Waals surface area contributed by atoms with Gasteiger partial charge in [0.25, 0.3) is 0 Å². The van der Waals surface area contributed by atoms with Crippen molar-refractivity contribution in [3.05, 3.63) is 24.8 Å². The Labute approximate surface area is 91.7 Å². The minimum Gasteiger partial charge on any atom is -0.481 e. The van der Waals surface area contributed by atoms with Gasteiger partial charge in [0.15, 0.2) is 0 Å². The standard InChI is InChI=1S/C13H20O2/c1-4-5-6-13(11(14)15)9-7-12(2,3)8-10-13/h4-6H,1,7-10H2,2-3H3,(H,14,15). The molecule has 0 bridgehead atoms. The van der Waals surface area contributed by atoms with Gasteiger partial charge in [0, 0.05) is 0 Å². The molecule has 0 saturated heterocycles. The molecule has 0 aromatic rings. The molecule has 1 aliphatic carbocycles. The van der Waals surface area contributed by atoms with E-state index in [4.69, 9.17) is 0 Å². The van der Waals surface area contributed by atoms with Gasteiger partial charge in [-0.05, 0) is 31.1 Å². The summed E-state index contributed by atoms with van der Waals surface area (Å²) in [6.45, 7) is 7.99. The lowest BCUT2D eigenvalue weighted by Crippen LogP contribution is -2.36. The lowest BCUT2D eigenvalue weighted by atomic mass is 9.65. The Hall–Kier alpha value is -1.05. The highest BCUT2D eigenvalue weighted by atomic mass is 16.4. The van der Waals surface area contributed by atoms with Gasteiger partial charge in [-0.25, -0.2) is 0 Å². The van der Waals surface area contributed by atoms with E-state index in [0.717, 1.165) is 25.7 Å². The van der Waals surface area contributed by atoms with Crippen LogP contribution in [0.3, 0.4) is 0 Å². The number of aliphatic carboxylic acids is 1. The normalized spacial score (nSPS) is 23.9. The van der Waals surface area contributed by atoms with Gasteiger partial charge in [-0.1, -0.05) is 38.7 Å². The molecule has 0 atom stereocenters. The molecule has 1 fully saturated rings. The molecule has 0 heterocycles. The van der Waals surface area contributed by atoms with Crippen LogP contribution in [0.4, 0.5) is 0 Å². The zero-order valence-corrected chi connectivity index (χ0v) is 9.62. The van der Waals surface area contributed by atoms with Crippen molar-refractivity contribution in [2.45, 2.75) is 39.5 Å². The highest BCUT2D eigenvalue weighted by molar-refractivity contribution is 5.77. The second-order valence-corrected chi connectivity index (χ2v) is 5.22. The maximum Gasteiger partial charge on any atom is 0.313 e. The number of hydrogen-bond donors (Lipinski definition) is 1. The minimum atomic E-state index is -0.698. The number of rotatable bonds is 3. The number of hydrogen-bond acceptors (Lipinski definition) is 1. The molecule has 0 radical (unpaired) electrons. The minimum absolute atomic E-state index is 0.293. The van der Waals surface area contributed by atoms with Crippen LogP contribution in [0.5, 0.6) is 0 Å². The molecule has 2 nitrogen and oxygen atoms in total. The van der Waals surface area contributed by atoms with Crippen LogP contribution in [0.1, 0.15) is 39.5 Å². The molecule has 1 aliphatic rings. The van der Waals surface area contributed by atoms with Gasteiger partial charge in [-0.15, -0.1) is 0 Å². The lowest BCUT2D eigenvalue weighted by molar-refractivity contribution is -0.148. The van der Waals surface area contributed by atoms with Crippen LogP contribution in [0.15, 0.2) is 24.8 Å². The first-order valence-electron chi connectivity index (χ1n) is 5.46. The Kier molecular flexibility index (Phi) is 3.38. The molecule has 0 spiro atoms. The van der Waals surface area contributed by atoms with E-state index >= 15 is 0 Å². The Morgan fingerprint density at radius 1 is 1.27 bits per heavy atom. The molecular formula is C13H20O2. The van der Waals surface area contributed by atoms with Crippen LogP contribution in [0, 0.1) is 10.8 Å². The second kappa shape index (κ2) is 4.21. The summed E-state index contributed by atoms with van der Waals surface area (Å²) in [5.74, 6) is -0.698. The van der Waals surface area contributed by atoms with Crippen molar-refractivity contribution in [3.63, 3.8) is 0 Å². The summed E-state index contributed by atoms with van der Waals surface area (Å²) in [4.78, 5) is 11.3. The van der Waals surface area contributed by atoms with Crippen LogP contribution < -0.4 is 0 Å². The van der Waals surface area contributed by atoms with Gasteiger partial charge >= 0.3 is 5.97 Å². The van der Waals surface area contributed by atoms with E-state index < -0.39 is 11.4 Å². The van der Waals surface area contributed by atoms with E-state index in [9.17, 15) is 9.90 Å². The number of carboxylic acid groups (broad SMARTS) is 1. The molecule has 0 aromatic carbocycles. The molecule has 1 saturated carbocycles. The molecule has 1 rings (SSSR count). The van der Waals surface area contributed by atoms with Crippen molar-refractivity contribution in [2.24, 2.45) is 10.8 Å². The van der Waals surface area contributed by atoms with Gasteiger partial charge in [-0.2, -0.15) is 0 Å². The van der Waals surface area contributed by atoms with Gasteiger partial charge < -0.3 is 5.11 Å². The Morgan fingerprint density at radius 2 is 1.80 bits per heavy atom. The number of carboxylic acids is 1. The van der Waals surface area contributed by atoms with E-state index in [-0.39, 0.29) is 0 Å². The smallest absolute Gasteiger partial charge is 0.313 e. The molecule has 84 valence electrons. The Balaban J connectivity index is 2.82. The molecular weight excluding hydrogens is 188 g/mol. The van der Waals surface area contributed by atoms with Gasteiger partial charge in [0.1, 0.15) is 0 Å². The van der Waals surface area contributed by atoms with Crippen molar-refractivity contribution in [1.29, 1.82) is 0 Å². The molecule has 0 aliphatic heterocycles. The average Bonchev–Trinajstić information content (AvgIpc) is 2.16. The molecule has 0 unspecified atom stereocenters. The number of carbonyl (C=O) groups is 1. The van der Waals surface area contributed by atoms with Gasteiger partial charge in [-0.3, -0.25) is 4.79 Å².